The summed E-state index contributed by atoms with van der Waals surface area (Å²) in [6, 6.07) is 6.06. The van der Waals surface area contributed by atoms with E-state index < -0.39 is 10.8 Å². The number of amides is 1. The number of nitrogens with zero attached hydrogens (tertiary/aromatic N) is 2. The molecule has 8 heteroatoms. The molecule has 2 aromatic rings. The molecule has 1 atom stereocenters. The summed E-state index contributed by atoms with van der Waals surface area (Å²) in [5.41, 5.74) is 1.32. The summed E-state index contributed by atoms with van der Waals surface area (Å²) in [6.07, 6.45) is 2.75. The van der Waals surface area contributed by atoms with Crippen molar-refractivity contribution in [2.75, 3.05) is 5.32 Å². The van der Waals surface area contributed by atoms with Gasteiger partial charge in [-0.1, -0.05) is 18.5 Å². The molecule has 1 aromatic carbocycles. The molecule has 0 unspecified atom stereocenters. The Kier molecular flexibility index (Phi) is 4.75. The van der Waals surface area contributed by atoms with Crippen LogP contribution in [0.1, 0.15) is 39.7 Å². The second kappa shape index (κ2) is 6.82. The van der Waals surface area contributed by atoms with Crippen molar-refractivity contribution in [2.24, 2.45) is 5.92 Å². The zero-order chi connectivity index (χ0) is 18.1. The van der Waals surface area contributed by atoms with E-state index in [0.717, 1.165) is 35.8 Å². The number of carbonyl (C=O) groups excluding carboxylic acids is 1. The Labute approximate surface area is 153 Å². The number of nitrogens with one attached hydrogen (secondary N) is 1. The normalized spacial score (nSPS) is 16.0. The van der Waals surface area contributed by atoms with E-state index in [9.17, 15) is 20.2 Å². The average molecular weight is 376 g/mol. The highest BCUT2D eigenvalue weighted by molar-refractivity contribution is 7.16. The third kappa shape index (κ3) is 3.36. The molecule has 1 aromatic heterocycles. The van der Waals surface area contributed by atoms with Gasteiger partial charge in [0.2, 0.25) is 0 Å². The van der Waals surface area contributed by atoms with E-state index in [0.29, 0.717) is 16.5 Å². The van der Waals surface area contributed by atoms with Gasteiger partial charge in [-0.15, -0.1) is 11.3 Å². The highest BCUT2D eigenvalue weighted by Crippen LogP contribution is 2.39. The molecular weight excluding hydrogens is 362 g/mol. The molecule has 6 nitrogen and oxygen atoms in total. The minimum absolute atomic E-state index is 0.0279. The van der Waals surface area contributed by atoms with Crippen molar-refractivity contribution >= 4 is 39.5 Å². The van der Waals surface area contributed by atoms with Crippen molar-refractivity contribution in [3.8, 4) is 6.07 Å². The molecule has 3 rings (SSSR count). The SMILES string of the molecule is C[C@@H]1CCc2c(sc(NC(=O)c3ccc(Cl)c([N+](=O)[O-])c3)c2C#N)C1. The van der Waals surface area contributed by atoms with E-state index in [2.05, 4.69) is 18.3 Å². The fraction of sp³-hybridized carbons (Fsp3) is 0.294. The van der Waals surface area contributed by atoms with Crippen LogP contribution in [0, 0.1) is 27.4 Å². The predicted octanol–water partition coefficient (Wildman–Crippen LogP) is 4.56. The second-order valence-corrected chi connectivity index (χ2v) is 7.56. The molecular formula is C17H14ClN3O3S. The van der Waals surface area contributed by atoms with Gasteiger partial charge in [-0.25, -0.2) is 0 Å². The molecule has 25 heavy (non-hydrogen) atoms. The standard InChI is InChI=1S/C17H14ClN3O3S/c1-9-2-4-11-12(8-19)17(25-15(11)6-9)20-16(22)10-3-5-13(18)14(7-10)21(23)24/h3,5,7,9H,2,4,6H2,1H3,(H,20,22)/t9-/m1/s1. The Balaban J connectivity index is 1.91. The molecule has 1 aliphatic carbocycles. The predicted molar refractivity (Wildman–Crippen MR) is 96.3 cm³/mol. The fourth-order valence-electron chi connectivity index (χ4n) is 2.93. The van der Waals surface area contributed by atoms with E-state index in [4.69, 9.17) is 11.6 Å². The van der Waals surface area contributed by atoms with Gasteiger partial charge in [0.1, 0.15) is 16.1 Å². The summed E-state index contributed by atoms with van der Waals surface area (Å²) in [7, 11) is 0. The first-order valence-electron chi connectivity index (χ1n) is 7.70. The molecule has 1 amide bonds. The number of nitro benzene ring substituents is 1. The van der Waals surface area contributed by atoms with E-state index in [1.54, 1.807) is 0 Å². The minimum atomic E-state index is -0.634. The monoisotopic (exact) mass is 375 g/mol. The van der Waals surface area contributed by atoms with Crippen molar-refractivity contribution in [1.82, 2.24) is 0 Å². The molecule has 1 heterocycles. The number of nitro groups is 1. The van der Waals surface area contributed by atoms with Gasteiger partial charge in [0.05, 0.1) is 10.5 Å². The first kappa shape index (κ1) is 17.4. The van der Waals surface area contributed by atoms with Crippen molar-refractivity contribution in [3.05, 3.63) is 54.9 Å². The number of carbonyl (C=O) groups is 1. The smallest absolute Gasteiger partial charge is 0.288 e. The summed E-state index contributed by atoms with van der Waals surface area (Å²) >= 11 is 7.18. The summed E-state index contributed by atoms with van der Waals surface area (Å²) in [5.74, 6) is 0.0584. The number of thiophene rings is 1. The zero-order valence-electron chi connectivity index (χ0n) is 13.3. The van der Waals surface area contributed by atoms with Gasteiger partial charge in [-0.2, -0.15) is 5.26 Å². The van der Waals surface area contributed by atoms with Crippen LogP contribution in [0.4, 0.5) is 10.7 Å². The molecule has 0 radical (unpaired) electrons. The van der Waals surface area contributed by atoms with Crippen molar-refractivity contribution in [2.45, 2.75) is 26.2 Å². The van der Waals surface area contributed by atoms with Crippen LogP contribution in [0.2, 0.25) is 5.02 Å². The number of halogens is 1. The number of benzene rings is 1. The first-order chi connectivity index (χ1) is 11.9. The lowest BCUT2D eigenvalue weighted by molar-refractivity contribution is -0.384. The molecule has 0 spiro atoms. The summed E-state index contributed by atoms with van der Waals surface area (Å²) in [5, 5.41) is 23.6. The van der Waals surface area contributed by atoms with Crippen LogP contribution in [-0.2, 0) is 12.8 Å². The van der Waals surface area contributed by atoms with Gasteiger partial charge < -0.3 is 5.32 Å². The molecule has 128 valence electrons. The van der Waals surface area contributed by atoms with Gasteiger partial charge in [-0.05, 0) is 42.9 Å². The van der Waals surface area contributed by atoms with Crippen LogP contribution in [0.15, 0.2) is 18.2 Å². The lowest BCUT2D eigenvalue weighted by atomic mass is 9.88. The van der Waals surface area contributed by atoms with Crippen molar-refractivity contribution in [1.29, 1.82) is 5.26 Å². The van der Waals surface area contributed by atoms with Gasteiger partial charge in [-0.3, -0.25) is 14.9 Å². The zero-order valence-corrected chi connectivity index (χ0v) is 14.9. The highest BCUT2D eigenvalue weighted by Gasteiger charge is 2.25. The Morgan fingerprint density at radius 2 is 2.28 bits per heavy atom. The Morgan fingerprint density at radius 1 is 1.52 bits per heavy atom. The molecule has 0 saturated carbocycles. The quantitative estimate of drug-likeness (QED) is 0.628. The number of rotatable bonds is 3. The number of fused-ring (bicyclic) bond motifs is 1. The minimum Gasteiger partial charge on any atom is -0.312 e. The second-order valence-electron chi connectivity index (χ2n) is 6.05. The van der Waals surface area contributed by atoms with Crippen molar-refractivity contribution in [3.63, 3.8) is 0 Å². The van der Waals surface area contributed by atoms with Crippen LogP contribution < -0.4 is 5.32 Å². The Morgan fingerprint density at radius 3 is 2.96 bits per heavy atom. The number of anilines is 1. The molecule has 0 bridgehead atoms. The van der Waals surface area contributed by atoms with E-state index >= 15 is 0 Å². The fourth-order valence-corrected chi connectivity index (χ4v) is 4.47. The van der Waals surface area contributed by atoms with Crippen LogP contribution in [0.25, 0.3) is 0 Å². The van der Waals surface area contributed by atoms with Crippen LogP contribution in [-0.4, -0.2) is 10.8 Å². The van der Waals surface area contributed by atoms with E-state index in [1.165, 1.54) is 23.5 Å². The average Bonchev–Trinajstić information content (AvgIpc) is 2.90. The maximum Gasteiger partial charge on any atom is 0.288 e. The molecule has 1 aliphatic rings. The third-order valence-corrected chi connectivity index (χ3v) is 5.74. The lowest BCUT2D eigenvalue weighted by Crippen LogP contribution is -2.12. The maximum atomic E-state index is 12.5. The van der Waals surface area contributed by atoms with Crippen LogP contribution in [0.5, 0.6) is 0 Å². The first-order valence-corrected chi connectivity index (χ1v) is 8.90. The Hall–Kier alpha value is -2.43. The lowest BCUT2D eigenvalue weighted by Gasteiger charge is -2.17. The molecule has 0 fully saturated rings. The van der Waals surface area contributed by atoms with E-state index in [1.807, 2.05) is 0 Å². The van der Waals surface area contributed by atoms with Gasteiger partial charge in [0.15, 0.2) is 0 Å². The number of nitriles is 1. The van der Waals surface area contributed by atoms with E-state index in [-0.39, 0.29) is 16.3 Å². The highest BCUT2D eigenvalue weighted by atomic mass is 35.5. The molecule has 1 N–H and O–H groups in total. The summed E-state index contributed by atoms with van der Waals surface area (Å²) < 4.78 is 0. The third-order valence-electron chi connectivity index (χ3n) is 4.26. The van der Waals surface area contributed by atoms with Crippen LogP contribution >= 0.6 is 22.9 Å². The summed E-state index contributed by atoms with van der Waals surface area (Å²) in [6.45, 7) is 2.17. The van der Waals surface area contributed by atoms with Gasteiger partial charge in [0.25, 0.3) is 11.6 Å². The van der Waals surface area contributed by atoms with Gasteiger partial charge in [0, 0.05) is 16.5 Å². The number of hydrogen-bond donors (Lipinski definition) is 1. The number of hydrogen-bond acceptors (Lipinski definition) is 5. The molecule has 0 aliphatic heterocycles. The summed E-state index contributed by atoms with van der Waals surface area (Å²) in [4.78, 5) is 23.9. The molecule has 0 saturated heterocycles. The largest absolute Gasteiger partial charge is 0.312 e. The topological polar surface area (TPSA) is 96.0 Å². The Bertz CT molecular complexity index is 917. The van der Waals surface area contributed by atoms with Crippen LogP contribution in [0.3, 0.4) is 0 Å². The van der Waals surface area contributed by atoms with Gasteiger partial charge >= 0.3 is 0 Å². The van der Waals surface area contributed by atoms with Crippen molar-refractivity contribution < 1.29 is 9.72 Å². The maximum absolute atomic E-state index is 12.5.